The molecule has 1 unspecified atom stereocenters. The number of Topliss-reactive ketones (excluding diaryl/α,β-unsaturated/α-hetero) is 1. The molecule has 0 saturated carbocycles. The summed E-state index contributed by atoms with van der Waals surface area (Å²) >= 11 is 8.53. The lowest BCUT2D eigenvalue weighted by atomic mass is 9.76. The number of halogens is 1. The Bertz CT molecular complexity index is 1610. The van der Waals surface area contributed by atoms with E-state index < -0.39 is 5.92 Å². The number of ether oxygens (including phenoxy) is 2. The van der Waals surface area contributed by atoms with Crippen LogP contribution in [0.2, 0.25) is 5.02 Å². The molecule has 1 atom stereocenters. The topological polar surface area (TPSA) is 143 Å². The van der Waals surface area contributed by atoms with Crippen LogP contribution in [-0.2, 0) is 9.59 Å². The van der Waals surface area contributed by atoms with Crippen molar-refractivity contribution in [3.63, 3.8) is 0 Å². The molecule has 1 aromatic heterocycles. The van der Waals surface area contributed by atoms with Gasteiger partial charge in [0.1, 0.15) is 17.3 Å². The van der Waals surface area contributed by atoms with E-state index in [0.717, 1.165) is 5.56 Å². The molecule has 2 aromatic carbocycles. The molecule has 3 aromatic rings. The minimum atomic E-state index is -0.588. The molecule has 2 heterocycles. The Kier molecular flexibility index (Phi) is 8.49. The molecule has 0 saturated heterocycles. The first-order valence-electron chi connectivity index (χ1n) is 12.5. The summed E-state index contributed by atoms with van der Waals surface area (Å²) in [5.74, 6) is 0.475. The number of hydrogen-bond donors (Lipinski definition) is 2. The Labute approximate surface area is 249 Å². The minimum absolute atomic E-state index is 0.0276. The van der Waals surface area contributed by atoms with Crippen LogP contribution in [-0.4, -0.2) is 41.9 Å². The number of allylic oxidation sites excluding steroid dienone is 3. The van der Waals surface area contributed by atoms with E-state index in [1.165, 1.54) is 30.2 Å². The number of benzene rings is 2. The number of rotatable bonds is 8. The van der Waals surface area contributed by atoms with Gasteiger partial charge in [0, 0.05) is 28.8 Å². The van der Waals surface area contributed by atoms with Crippen molar-refractivity contribution < 1.29 is 19.1 Å². The number of hydrogen-bond acceptors (Lipinski definition) is 11. The molecule has 2 aliphatic rings. The fraction of sp³-hybridized carbons (Fsp3) is 0.250. The Morgan fingerprint density at radius 3 is 2.71 bits per heavy atom. The highest BCUT2D eigenvalue weighted by molar-refractivity contribution is 8.01. The number of nitrogens with zero attached hydrogens (tertiary/aromatic N) is 4. The number of methoxy groups -OCH3 is 2. The van der Waals surface area contributed by atoms with Gasteiger partial charge in [0.2, 0.25) is 11.0 Å². The van der Waals surface area contributed by atoms with Gasteiger partial charge in [-0.1, -0.05) is 46.8 Å². The van der Waals surface area contributed by atoms with E-state index in [2.05, 4.69) is 21.6 Å². The van der Waals surface area contributed by atoms with E-state index >= 15 is 0 Å². The average Bonchev–Trinajstić information content (AvgIpc) is 3.44. The van der Waals surface area contributed by atoms with Crippen LogP contribution in [0.1, 0.15) is 30.7 Å². The third-order valence-electron chi connectivity index (χ3n) is 6.71. The molecule has 5 rings (SSSR count). The number of carbonyl (C=O) groups excluding carboxylic acids is 2. The number of nitrogens with two attached hydrogens (primary N) is 1. The molecule has 1 aliphatic carbocycles. The molecule has 3 N–H and O–H groups in total. The van der Waals surface area contributed by atoms with Gasteiger partial charge in [-0.05, 0) is 42.7 Å². The first-order valence-corrected chi connectivity index (χ1v) is 14.7. The normalized spacial score (nSPS) is 16.8. The summed E-state index contributed by atoms with van der Waals surface area (Å²) in [7, 11) is 3.06. The molecule has 1 aliphatic heterocycles. The highest BCUT2D eigenvalue weighted by Crippen LogP contribution is 2.47. The van der Waals surface area contributed by atoms with E-state index in [4.69, 9.17) is 26.8 Å². The molecule has 0 radical (unpaired) electrons. The maximum absolute atomic E-state index is 13.3. The minimum Gasteiger partial charge on any atom is -0.497 e. The summed E-state index contributed by atoms with van der Waals surface area (Å²) in [4.78, 5) is 27.6. The van der Waals surface area contributed by atoms with Gasteiger partial charge in [-0.3, -0.25) is 14.5 Å². The lowest BCUT2D eigenvalue weighted by molar-refractivity contribution is -0.116. The van der Waals surface area contributed by atoms with Gasteiger partial charge in [0.15, 0.2) is 10.1 Å². The quantitative estimate of drug-likeness (QED) is 0.326. The highest BCUT2D eigenvalue weighted by Gasteiger charge is 2.41. The van der Waals surface area contributed by atoms with Crippen LogP contribution in [0.25, 0.3) is 0 Å². The van der Waals surface area contributed by atoms with Gasteiger partial charge in [-0.25, -0.2) is 0 Å². The molecule has 10 nitrogen and oxygen atoms in total. The number of aromatic nitrogens is 2. The molecule has 0 bridgehead atoms. The Morgan fingerprint density at radius 2 is 2.00 bits per heavy atom. The Morgan fingerprint density at radius 1 is 1.22 bits per heavy atom. The van der Waals surface area contributed by atoms with Crippen LogP contribution in [0.15, 0.2) is 69.5 Å². The summed E-state index contributed by atoms with van der Waals surface area (Å²) in [5, 5.41) is 22.5. The van der Waals surface area contributed by atoms with Crippen LogP contribution in [0.3, 0.4) is 0 Å². The summed E-state index contributed by atoms with van der Waals surface area (Å²) < 4.78 is 11.1. The molecular formula is C28H25ClN6O4S2. The standard InChI is InChI=1S/C28H25ClN6O4S2/c1-38-17-10-11-22(39-2)19(12-17)32-23(37)14-40-28-34-33-27(41-28)35-20-4-3-5-21(36)25(20)24(18(13-30)26(35)31)15-6-8-16(29)9-7-15/h6-12,24H,3-5,14,31H2,1-2H3,(H,32,37). The second-order valence-electron chi connectivity index (χ2n) is 9.12. The van der Waals surface area contributed by atoms with Crippen molar-refractivity contribution in [2.75, 3.05) is 30.2 Å². The molecule has 13 heteroatoms. The number of thioether (sulfide) groups is 1. The van der Waals surface area contributed by atoms with Crippen LogP contribution >= 0.6 is 34.7 Å². The second-order valence-corrected chi connectivity index (χ2v) is 11.7. The van der Waals surface area contributed by atoms with Crippen molar-refractivity contribution in [3.05, 3.63) is 75.7 Å². The van der Waals surface area contributed by atoms with Crippen LogP contribution in [0.4, 0.5) is 10.8 Å². The number of nitriles is 1. The maximum atomic E-state index is 13.3. The van der Waals surface area contributed by atoms with Gasteiger partial charge < -0.3 is 20.5 Å². The molecular weight excluding hydrogens is 584 g/mol. The predicted octanol–water partition coefficient (Wildman–Crippen LogP) is 5.24. The summed E-state index contributed by atoms with van der Waals surface area (Å²) in [5.41, 5.74) is 9.38. The van der Waals surface area contributed by atoms with Gasteiger partial charge in [0.25, 0.3) is 0 Å². The summed E-state index contributed by atoms with van der Waals surface area (Å²) in [6.07, 6.45) is 1.64. The van der Waals surface area contributed by atoms with E-state index in [0.29, 0.717) is 62.2 Å². The second kappa shape index (κ2) is 12.2. The van der Waals surface area contributed by atoms with Crippen molar-refractivity contribution in [2.24, 2.45) is 5.73 Å². The first kappa shape index (κ1) is 28.5. The van der Waals surface area contributed by atoms with Crippen LogP contribution in [0.5, 0.6) is 11.5 Å². The molecule has 0 spiro atoms. The van der Waals surface area contributed by atoms with Crippen molar-refractivity contribution in [1.82, 2.24) is 10.2 Å². The Hall–Kier alpha value is -4.05. The zero-order chi connectivity index (χ0) is 29.1. The molecule has 0 fully saturated rings. The fourth-order valence-corrected chi connectivity index (χ4v) is 6.68. The highest BCUT2D eigenvalue weighted by atomic mass is 35.5. The van der Waals surface area contributed by atoms with E-state index in [1.54, 1.807) is 42.3 Å². The lowest BCUT2D eigenvalue weighted by Gasteiger charge is -2.38. The monoisotopic (exact) mass is 608 g/mol. The number of ketones is 1. The number of anilines is 2. The zero-order valence-corrected chi connectivity index (χ0v) is 24.5. The van der Waals surface area contributed by atoms with Crippen molar-refractivity contribution >= 4 is 57.2 Å². The van der Waals surface area contributed by atoms with Crippen LogP contribution in [0, 0.1) is 11.3 Å². The molecule has 1 amide bonds. The summed E-state index contributed by atoms with van der Waals surface area (Å²) in [6, 6.07) is 14.4. The smallest absolute Gasteiger partial charge is 0.234 e. The number of amides is 1. The Balaban J connectivity index is 1.39. The van der Waals surface area contributed by atoms with Crippen molar-refractivity contribution in [3.8, 4) is 17.6 Å². The maximum Gasteiger partial charge on any atom is 0.234 e. The zero-order valence-electron chi connectivity index (χ0n) is 22.1. The largest absolute Gasteiger partial charge is 0.497 e. The third-order valence-corrected chi connectivity index (χ3v) is 9.00. The molecule has 41 heavy (non-hydrogen) atoms. The number of nitrogens with one attached hydrogen (secondary N) is 1. The average molecular weight is 609 g/mol. The third kappa shape index (κ3) is 5.74. The molecule has 210 valence electrons. The lowest BCUT2D eigenvalue weighted by Crippen LogP contribution is -2.38. The SMILES string of the molecule is COc1ccc(OC)c(NC(=O)CSc2nnc(N3C(N)=C(C#N)C(c4ccc(Cl)cc4)C4=C3CCCC4=O)s2)c1. The van der Waals surface area contributed by atoms with Crippen molar-refractivity contribution in [1.29, 1.82) is 5.26 Å². The number of carbonyl (C=O) groups is 2. The predicted molar refractivity (Wildman–Crippen MR) is 158 cm³/mol. The van der Waals surface area contributed by atoms with E-state index in [-0.39, 0.29) is 28.8 Å². The first-order chi connectivity index (χ1) is 19.8. The van der Waals surface area contributed by atoms with Crippen LogP contribution < -0.4 is 25.4 Å². The van der Waals surface area contributed by atoms with E-state index in [1.807, 2.05) is 12.1 Å². The van der Waals surface area contributed by atoms with Gasteiger partial charge in [0.05, 0.1) is 43.2 Å². The summed E-state index contributed by atoms with van der Waals surface area (Å²) in [6.45, 7) is 0. The van der Waals surface area contributed by atoms with Gasteiger partial charge in [-0.2, -0.15) is 5.26 Å². The fourth-order valence-electron chi connectivity index (χ4n) is 4.87. The van der Waals surface area contributed by atoms with Gasteiger partial charge >= 0.3 is 0 Å². The van der Waals surface area contributed by atoms with Crippen molar-refractivity contribution in [2.45, 2.75) is 29.5 Å². The van der Waals surface area contributed by atoms with Gasteiger partial charge in [-0.15, -0.1) is 10.2 Å². The van der Waals surface area contributed by atoms with E-state index in [9.17, 15) is 14.9 Å².